The van der Waals surface area contributed by atoms with Crippen LogP contribution in [0.3, 0.4) is 0 Å². The van der Waals surface area contributed by atoms with E-state index in [0.717, 1.165) is 22.9 Å². The Morgan fingerprint density at radius 1 is 1.07 bits per heavy atom. The second-order valence-corrected chi connectivity index (χ2v) is 6.03. The first-order valence-electron chi connectivity index (χ1n) is 8.08. The molecule has 0 bridgehead atoms. The number of ether oxygens (including phenoxy) is 2. The molecular formula is C19H14ClF3N2O3. The van der Waals surface area contributed by atoms with Gasteiger partial charge in [-0.3, -0.25) is 0 Å². The first-order valence-corrected chi connectivity index (χ1v) is 8.46. The summed E-state index contributed by atoms with van der Waals surface area (Å²) in [7, 11) is 1.44. The topological polar surface area (TPSA) is 53.4 Å². The molecule has 1 aromatic heterocycles. The standard InChI is InChI=1S/C19H14ClF3N2O3/c1-27-8-9-28-19(26)17-16(20)18(11-2-4-12(21)5-3-11)25(24-17)15-10-13(22)6-7-14(15)23/h2-7,10H,8-9H2,1H3. The zero-order chi connectivity index (χ0) is 20.3. The van der Waals surface area contributed by atoms with Gasteiger partial charge in [-0.2, -0.15) is 5.10 Å². The maximum atomic E-state index is 14.3. The molecule has 3 rings (SSSR count). The minimum absolute atomic E-state index is 0.0429. The smallest absolute Gasteiger partial charge is 0.360 e. The summed E-state index contributed by atoms with van der Waals surface area (Å²) >= 11 is 6.33. The van der Waals surface area contributed by atoms with E-state index in [9.17, 15) is 18.0 Å². The van der Waals surface area contributed by atoms with Crippen molar-refractivity contribution in [3.05, 3.63) is 70.6 Å². The highest BCUT2D eigenvalue weighted by Crippen LogP contribution is 2.34. The summed E-state index contributed by atoms with van der Waals surface area (Å²) < 4.78 is 52.1. The molecule has 2 aromatic carbocycles. The monoisotopic (exact) mass is 410 g/mol. The van der Waals surface area contributed by atoms with Gasteiger partial charge in [-0.15, -0.1) is 0 Å². The summed E-state index contributed by atoms with van der Waals surface area (Å²) in [5, 5.41) is 3.89. The van der Waals surface area contributed by atoms with Crippen LogP contribution >= 0.6 is 11.6 Å². The van der Waals surface area contributed by atoms with Gasteiger partial charge in [0.25, 0.3) is 0 Å². The van der Waals surface area contributed by atoms with Gasteiger partial charge in [-0.05, 0) is 36.4 Å². The summed E-state index contributed by atoms with van der Waals surface area (Å²) in [5.41, 5.74) is -0.124. The van der Waals surface area contributed by atoms with Crippen LogP contribution < -0.4 is 0 Å². The fraction of sp³-hybridized carbons (Fsp3) is 0.158. The maximum absolute atomic E-state index is 14.3. The van der Waals surface area contributed by atoms with E-state index in [4.69, 9.17) is 21.1 Å². The Kier molecular flexibility index (Phi) is 6.01. The van der Waals surface area contributed by atoms with Crippen LogP contribution in [0, 0.1) is 17.5 Å². The quantitative estimate of drug-likeness (QED) is 0.446. The van der Waals surface area contributed by atoms with Crippen LogP contribution in [0.1, 0.15) is 10.5 Å². The van der Waals surface area contributed by atoms with Crippen molar-refractivity contribution in [2.45, 2.75) is 0 Å². The van der Waals surface area contributed by atoms with Crippen molar-refractivity contribution in [2.75, 3.05) is 20.3 Å². The lowest BCUT2D eigenvalue weighted by Crippen LogP contribution is -2.11. The van der Waals surface area contributed by atoms with E-state index in [1.165, 1.54) is 31.4 Å². The second kappa shape index (κ2) is 8.45. The van der Waals surface area contributed by atoms with Gasteiger partial charge in [0.15, 0.2) is 5.69 Å². The second-order valence-electron chi connectivity index (χ2n) is 5.65. The fourth-order valence-corrected chi connectivity index (χ4v) is 2.80. The minimum atomic E-state index is -0.860. The molecule has 0 aliphatic heterocycles. The van der Waals surface area contributed by atoms with Crippen LogP contribution in [0.2, 0.25) is 5.02 Å². The van der Waals surface area contributed by atoms with Crippen molar-refractivity contribution in [2.24, 2.45) is 0 Å². The van der Waals surface area contributed by atoms with Crippen LogP contribution in [-0.2, 0) is 9.47 Å². The summed E-state index contributed by atoms with van der Waals surface area (Å²) in [6.07, 6.45) is 0. The fourth-order valence-electron chi connectivity index (χ4n) is 2.49. The van der Waals surface area contributed by atoms with E-state index in [1.807, 2.05) is 0 Å². The molecule has 0 spiro atoms. The number of carbonyl (C=O) groups is 1. The maximum Gasteiger partial charge on any atom is 0.360 e. The van der Waals surface area contributed by atoms with Gasteiger partial charge in [0.1, 0.15) is 34.8 Å². The van der Waals surface area contributed by atoms with Crippen LogP contribution in [0.5, 0.6) is 0 Å². The first kappa shape index (κ1) is 19.9. The van der Waals surface area contributed by atoms with Crippen molar-refractivity contribution in [1.82, 2.24) is 9.78 Å². The van der Waals surface area contributed by atoms with Crippen molar-refractivity contribution >= 4 is 17.6 Å². The lowest BCUT2D eigenvalue weighted by atomic mass is 10.1. The summed E-state index contributed by atoms with van der Waals surface area (Å²) in [4.78, 5) is 12.3. The van der Waals surface area contributed by atoms with Crippen LogP contribution in [0.15, 0.2) is 42.5 Å². The number of hydrogen-bond donors (Lipinski definition) is 0. The molecule has 9 heteroatoms. The Hall–Kier alpha value is -2.84. The lowest BCUT2D eigenvalue weighted by molar-refractivity contribution is 0.0381. The predicted molar refractivity (Wildman–Crippen MR) is 96.0 cm³/mol. The first-order chi connectivity index (χ1) is 13.4. The average Bonchev–Trinajstić information content (AvgIpc) is 3.01. The molecule has 0 atom stereocenters. The number of aromatic nitrogens is 2. The Morgan fingerprint density at radius 2 is 1.75 bits per heavy atom. The molecule has 28 heavy (non-hydrogen) atoms. The van der Waals surface area contributed by atoms with Crippen LogP contribution in [-0.4, -0.2) is 36.1 Å². The molecule has 3 aromatic rings. The van der Waals surface area contributed by atoms with Gasteiger partial charge in [-0.1, -0.05) is 11.6 Å². The molecule has 0 aliphatic rings. The number of hydrogen-bond acceptors (Lipinski definition) is 4. The minimum Gasteiger partial charge on any atom is -0.458 e. The van der Waals surface area contributed by atoms with E-state index >= 15 is 0 Å². The molecule has 0 unspecified atom stereocenters. The number of methoxy groups -OCH3 is 1. The molecule has 146 valence electrons. The number of halogens is 4. The third kappa shape index (κ3) is 4.02. The zero-order valence-corrected chi connectivity index (χ0v) is 15.3. The molecule has 0 amide bonds. The summed E-state index contributed by atoms with van der Waals surface area (Å²) in [6.45, 7) is 0.117. The molecule has 0 saturated heterocycles. The van der Waals surface area contributed by atoms with E-state index in [1.54, 1.807) is 0 Å². The molecule has 5 nitrogen and oxygen atoms in total. The molecule has 0 fully saturated rings. The highest BCUT2D eigenvalue weighted by Gasteiger charge is 2.26. The molecule has 0 saturated carbocycles. The molecule has 0 radical (unpaired) electrons. The van der Waals surface area contributed by atoms with Gasteiger partial charge in [0.2, 0.25) is 0 Å². The van der Waals surface area contributed by atoms with Crippen molar-refractivity contribution in [3.8, 4) is 16.9 Å². The predicted octanol–water partition coefficient (Wildman–Crippen LogP) is 4.41. The number of carbonyl (C=O) groups excluding carboxylic acids is 1. The van der Waals surface area contributed by atoms with Gasteiger partial charge in [0.05, 0.1) is 12.3 Å². The van der Waals surface area contributed by atoms with E-state index in [-0.39, 0.29) is 35.3 Å². The average molecular weight is 411 g/mol. The normalized spacial score (nSPS) is 10.9. The summed E-state index contributed by atoms with van der Waals surface area (Å²) in [6, 6.07) is 7.87. The van der Waals surface area contributed by atoms with Crippen LogP contribution in [0.4, 0.5) is 13.2 Å². The number of benzene rings is 2. The molecule has 0 aliphatic carbocycles. The third-order valence-electron chi connectivity index (χ3n) is 3.80. The van der Waals surface area contributed by atoms with Gasteiger partial charge < -0.3 is 9.47 Å². The molecule has 0 N–H and O–H groups in total. The number of rotatable bonds is 6. The Balaban J connectivity index is 2.16. The van der Waals surface area contributed by atoms with E-state index in [2.05, 4.69) is 5.10 Å². The van der Waals surface area contributed by atoms with Gasteiger partial charge in [-0.25, -0.2) is 22.6 Å². The van der Waals surface area contributed by atoms with Crippen molar-refractivity contribution in [3.63, 3.8) is 0 Å². The highest BCUT2D eigenvalue weighted by molar-refractivity contribution is 6.35. The lowest BCUT2D eigenvalue weighted by Gasteiger charge is -2.09. The molecule has 1 heterocycles. The van der Waals surface area contributed by atoms with Gasteiger partial charge >= 0.3 is 5.97 Å². The largest absolute Gasteiger partial charge is 0.458 e. The molecular weight excluding hydrogens is 397 g/mol. The number of esters is 1. The zero-order valence-electron chi connectivity index (χ0n) is 14.6. The third-order valence-corrected chi connectivity index (χ3v) is 4.15. The van der Waals surface area contributed by atoms with Crippen molar-refractivity contribution in [1.29, 1.82) is 0 Å². The Bertz CT molecular complexity index is 1010. The number of nitrogens with zero attached hydrogens (tertiary/aromatic N) is 2. The highest BCUT2D eigenvalue weighted by atomic mass is 35.5. The Labute approximate surface area is 163 Å². The van der Waals surface area contributed by atoms with E-state index < -0.39 is 23.4 Å². The van der Waals surface area contributed by atoms with Crippen LogP contribution in [0.25, 0.3) is 16.9 Å². The Morgan fingerprint density at radius 3 is 2.43 bits per heavy atom. The van der Waals surface area contributed by atoms with E-state index in [0.29, 0.717) is 5.56 Å². The summed E-state index contributed by atoms with van der Waals surface area (Å²) in [5.74, 6) is -2.86. The van der Waals surface area contributed by atoms with Gasteiger partial charge in [0, 0.05) is 18.7 Å². The SMILES string of the molecule is COCCOC(=O)c1nn(-c2cc(F)ccc2F)c(-c2ccc(F)cc2)c1Cl. The van der Waals surface area contributed by atoms with Crippen molar-refractivity contribution < 1.29 is 27.4 Å².